The average Bonchev–Trinajstić information content (AvgIpc) is 2.27. The molecule has 0 heterocycles. The highest BCUT2D eigenvalue weighted by molar-refractivity contribution is 5.06. The fourth-order valence-corrected chi connectivity index (χ4v) is 2.89. The van der Waals surface area contributed by atoms with Gasteiger partial charge >= 0.3 is 0 Å². The Bertz CT molecular complexity index is 260. The lowest BCUT2D eigenvalue weighted by molar-refractivity contribution is 0.106. The van der Waals surface area contributed by atoms with Gasteiger partial charge in [0.25, 0.3) is 0 Å². The fourth-order valence-electron chi connectivity index (χ4n) is 2.89. The van der Waals surface area contributed by atoms with E-state index in [9.17, 15) is 0 Å². The van der Waals surface area contributed by atoms with E-state index in [4.69, 9.17) is 4.74 Å². The molecule has 0 saturated carbocycles. The van der Waals surface area contributed by atoms with Crippen LogP contribution in [0.2, 0.25) is 0 Å². The maximum atomic E-state index is 5.57. The Morgan fingerprint density at radius 3 is 2.72 bits per heavy atom. The largest absolute Gasteiger partial charge is 0.380 e. The third kappa shape index (κ3) is 5.53. The monoisotopic (exact) mass is 253 g/mol. The zero-order valence-electron chi connectivity index (χ0n) is 12.8. The van der Waals surface area contributed by atoms with E-state index in [1.54, 1.807) is 5.57 Å². The summed E-state index contributed by atoms with van der Waals surface area (Å²) in [6, 6.07) is 0.492. The van der Waals surface area contributed by atoms with Gasteiger partial charge in [-0.15, -0.1) is 0 Å². The van der Waals surface area contributed by atoms with Gasteiger partial charge in [0.15, 0.2) is 0 Å². The Morgan fingerprint density at radius 1 is 1.44 bits per heavy atom. The summed E-state index contributed by atoms with van der Waals surface area (Å²) in [4.78, 5) is 0. The first-order valence-corrected chi connectivity index (χ1v) is 7.51. The molecule has 0 saturated heterocycles. The van der Waals surface area contributed by atoms with Gasteiger partial charge in [-0.25, -0.2) is 0 Å². The maximum Gasteiger partial charge on any atom is 0.0621 e. The number of allylic oxidation sites excluding steroid dienone is 2. The Labute approximate surface area is 113 Å². The molecule has 106 valence electrons. The predicted molar refractivity (Wildman–Crippen MR) is 78.8 cm³/mol. The first-order valence-electron chi connectivity index (χ1n) is 7.51. The van der Waals surface area contributed by atoms with Crippen molar-refractivity contribution in [1.82, 2.24) is 5.32 Å². The Kier molecular flexibility index (Phi) is 6.95. The highest BCUT2D eigenvalue weighted by Crippen LogP contribution is 2.27. The van der Waals surface area contributed by atoms with E-state index in [0.29, 0.717) is 12.0 Å². The molecule has 0 fully saturated rings. The normalized spacial score (nSPS) is 26.2. The van der Waals surface area contributed by atoms with Crippen molar-refractivity contribution in [3.8, 4) is 0 Å². The minimum atomic E-state index is 0.492. The van der Waals surface area contributed by atoms with Crippen LogP contribution < -0.4 is 5.32 Å². The molecule has 3 atom stereocenters. The van der Waals surface area contributed by atoms with E-state index in [2.05, 4.69) is 46.0 Å². The first-order chi connectivity index (χ1) is 8.52. The van der Waals surface area contributed by atoms with Gasteiger partial charge in [0, 0.05) is 12.6 Å². The summed E-state index contributed by atoms with van der Waals surface area (Å²) >= 11 is 0. The molecule has 1 N–H and O–H groups in total. The van der Waals surface area contributed by atoms with Crippen LogP contribution in [0.25, 0.3) is 0 Å². The molecule has 1 aliphatic rings. The zero-order chi connectivity index (χ0) is 13.5. The zero-order valence-corrected chi connectivity index (χ0v) is 12.8. The van der Waals surface area contributed by atoms with Gasteiger partial charge in [0.1, 0.15) is 0 Å². The molecule has 1 rings (SSSR count). The topological polar surface area (TPSA) is 21.3 Å². The molecule has 2 heteroatoms. The summed E-state index contributed by atoms with van der Waals surface area (Å²) in [5.41, 5.74) is 1.56. The predicted octanol–water partition coefficient (Wildman–Crippen LogP) is 3.63. The van der Waals surface area contributed by atoms with Crippen molar-refractivity contribution < 1.29 is 4.74 Å². The molecule has 0 aromatic rings. The quantitative estimate of drug-likeness (QED) is 0.700. The van der Waals surface area contributed by atoms with Crippen LogP contribution >= 0.6 is 0 Å². The third-order valence-corrected chi connectivity index (χ3v) is 3.86. The van der Waals surface area contributed by atoms with Gasteiger partial charge < -0.3 is 10.1 Å². The lowest BCUT2D eigenvalue weighted by Crippen LogP contribution is -2.41. The van der Waals surface area contributed by atoms with Crippen LogP contribution in [0.15, 0.2) is 11.6 Å². The van der Waals surface area contributed by atoms with E-state index in [0.717, 1.165) is 31.6 Å². The summed E-state index contributed by atoms with van der Waals surface area (Å²) in [7, 11) is 0. The number of rotatable bonds is 7. The SMILES string of the molecule is CCOCC(NCC1CC(C)=CC(C)C1)C(C)C. The van der Waals surface area contributed by atoms with Crippen molar-refractivity contribution in [2.24, 2.45) is 17.8 Å². The molecular weight excluding hydrogens is 222 g/mol. The van der Waals surface area contributed by atoms with Gasteiger partial charge in [0.2, 0.25) is 0 Å². The van der Waals surface area contributed by atoms with Gasteiger partial charge in [-0.2, -0.15) is 0 Å². The van der Waals surface area contributed by atoms with Gasteiger partial charge in [0.05, 0.1) is 6.61 Å². The van der Waals surface area contributed by atoms with Crippen molar-refractivity contribution in [2.45, 2.75) is 53.5 Å². The Hall–Kier alpha value is -0.340. The minimum Gasteiger partial charge on any atom is -0.380 e. The molecule has 1 aliphatic carbocycles. The summed E-state index contributed by atoms with van der Waals surface area (Å²) < 4.78 is 5.57. The molecule has 0 spiro atoms. The van der Waals surface area contributed by atoms with Crippen molar-refractivity contribution in [2.75, 3.05) is 19.8 Å². The van der Waals surface area contributed by atoms with E-state index >= 15 is 0 Å². The van der Waals surface area contributed by atoms with Crippen molar-refractivity contribution in [1.29, 1.82) is 0 Å². The molecule has 0 radical (unpaired) electrons. The van der Waals surface area contributed by atoms with Gasteiger partial charge in [-0.05, 0) is 51.0 Å². The highest BCUT2D eigenvalue weighted by atomic mass is 16.5. The van der Waals surface area contributed by atoms with Crippen LogP contribution in [0.1, 0.15) is 47.5 Å². The second-order valence-corrected chi connectivity index (χ2v) is 6.21. The molecule has 0 aromatic heterocycles. The lowest BCUT2D eigenvalue weighted by Gasteiger charge is -2.29. The minimum absolute atomic E-state index is 0.492. The molecular formula is C16H31NO. The average molecular weight is 253 g/mol. The highest BCUT2D eigenvalue weighted by Gasteiger charge is 2.20. The molecule has 0 bridgehead atoms. The third-order valence-electron chi connectivity index (χ3n) is 3.86. The lowest BCUT2D eigenvalue weighted by atomic mass is 9.83. The van der Waals surface area contributed by atoms with E-state index in [1.807, 2.05) is 0 Å². The number of hydrogen-bond acceptors (Lipinski definition) is 2. The molecule has 3 unspecified atom stereocenters. The van der Waals surface area contributed by atoms with Crippen LogP contribution in [0, 0.1) is 17.8 Å². The van der Waals surface area contributed by atoms with Crippen molar-refractivity contribution >= 4 is 0 Å². The smallest absolute Gasteiger partial charge is 0.0621 e. The van der Waals surface area contributed by atoms with E-state index in [-0.39, 0.29) is 0 Å². The summed E-state index contributed by atoms with van der Waals surface area (Å²) in [6.07, 6.45) is 5.01. The van der Waals surface area contributed by atoms with Crippen LogP contribution in [-0.4, -0.2) is 25.8 Å². The molecule has 18 heavy (non-hydrogen) atoms. The Morgan fingerprint density at radius 2 is 2.17 bits per heavy atom. The second kappa shape index (κ2) is 7.96. The van der Waals surface area contributed by atoms with E-state index in [1.165, 1.54) is 12.8 Å². The Balaban J connectivity index is 2.35. The van der Waals surface area contributed by atoms with Gasteiger partial charge in [-0.3, -0.25) is 0 Å². The summed E-state index contributed by atoms with van der Waals surface area (Å²) in [5.74, 6) is 2.18. The van der Waals surface area contributed by atoms with Crippen LogP contribution in [0.5, 0.6) is 0 Å². The number of hydrogen-bond donors (Lipinski definition) is 1. The van der Waals surface area contributed by atoms with Crippen molar-refractivity contribution in [3.63, 3.8) is 0 Å². The molecule has 0 aromatic carbocycles. The maximum absolute atomic E-state index is 5.57. The number of ether oxygens (including phenoxy) is 1. The van der Waals surface area contributed by atoms with Crippen LogP contribution in [0.3, 0.4) is 0 Å². The van der Waals surface area contributed by atoms with Crippen LogP contribution in [0.4, 0.5) is 0 Å². The summed E-state index contributed by atoms with van der Waals surface area (Å²) in [6.45, 7) is 14.0. The van der Waals surface area contributed by atoms with E-state index < -0.39 is 0 Å². The molecule has 0 aliphatic heterocycles. The second-order valence-electron chi connectivity index (χ2n) is 6.21. The first kappa shape index (κ1) is 15.7. The number of nitrogens with one attached hydrogen (secondary N) is 1. The fraction of sp³-hybridized carbons (Fsp3) is 0.875. The van der Waals surface area contributed by atoms with Crippen molar-refractivity contribution in [3.05, 3.63) is 11.6 Å². The van der Waals surface area contributed by atoms with Crippen LogP contribution in [-0.2, 0) is 4.74 Å². The standard InChI is InChI=1S/C16H31NO/c1-6-18-11-16(12(2)3)17-10-15-8-13(4)7-14(5)9-15/h7,12-13,15-17H,6,8-11H2,1-5H3. The summed E-state index contributed by atoms with van der Waals surface area (Å²) in [5, 5.41) is 3.71. The molecule has 2 nitrogen and oxygen atoms in total. The van der Waals surface area contributed by atoms with Gasteiger partial charge in [-0.1, -0.05) is 32.4 Å². The molecule has 0 amide bonds.